The van der Waals surface area contributed by atoms with Gasteiger partial charge in [-0.2, -0.15) is 0 Å². The molecule has 0 aliphatic rings. The molecule has 1 aromatic rings. The van der Waals surface area contributed by atoms with Crippen LogP contribution < -0.4 is 10.1 Å². The van der Waals surface area contributed by atoms with E-state index in [2.05, 4.69) is 32.2 Å². The van der Waals surface area contributed by atoms with Crippen LogP contribution in [0.1, 0.15) is 26.3 Å². The first-order chi connectivity index (χ1) is 8.61. The molecule has 3 heteroatoms. The van der Waals surface area contributed by atoms with E-state index in [9.17, 15) is 0 Å². The first-order valence-electron chi connectivity index (χ1n) is 6.56. The van der Waals surface area contributed by atoms with Crippen molar-refractivity contribution in [2.45, 2.75) is 33.4 Å². The van der Waals surface area contributed by atoms with Crippen LogP contribution >= 0.6 is 0 Å². The van der Waals surface area contributed by atoms with E-state index < -0.39 is 0 Å². The van der Waals surface area contributed by atoms with Crippen molar-refractivity contribution < 1.29 is 9.47 Å². The van der Waals surface area contributed by atoms with E-state index >= 15 is 0 Å². The van der Waals surface area contributed by atoms with Crippen molar-refractivity contribution in [3.05, 3.63) is 29.8 Å². The number of hydrogen-bond donors (Lipinski definition) is 1. The molecule has 0 amide bonds. The Labute approximate surface area is 110 Å². The minimum atomic E-state index is 0.526. The molecule has 0 fully saturated rings. The van der Waals surface area contributed by atoms with Crippen LogP contribution in [0.2, 0.25) is 0 Å². The van der Waals surface area contributed by atoms with E-state index in [4.69, 9.17) is 9.47 Å². The summed E-state index contributed by atoms with van der Waals surface area (Å²) in [6.45, 7) is 8.92. The molecule has 1 aromatic carbocycles. The molecule has 1 N–H and O–H groups in total. The molecule has 1 rings (SSSR count). The molecule has 0 aliphatic carbocycles. The van der Waals surface area contributed by atoms with Gasteiger partial charge in [0.25, 0.3) is 0 Å². The standard InChI is InChI=1S/C15H25NO2/c1-12(2)16-9-13(3)10-18-11-14-6-5-7-15(8-14)17-4/h5-8,12-13,16H,9-11H2,1-4H3. The maximum absolute atomic E-state index is 5.72. The smallest absolute Gasteiger partial charge is 0.119 e. The number of rotatable bonds is 8. The van der Waals surface area contributed by atoms with Gasteiger partial charge in [-0.15, -0.1) is 0 Å². The van der Waals surface area contributed by atoms with Crippen molar-refractivity contribution in [1.82, 2.24) is 5.32 Å². The minimum Gasteiger partial charge on any atom is -0.497 e. The van der Waals surface area contributed by atoms with Gasteiger partial charge in [0.2, 0.25) is 0 Å². The van der Waals surface area contributed by atoms with E-state index in [1.165, 1.54) is 0 Å². The largest absolute Gasteiger partial charge is 0.497 e. The highest BCUT2D eigenvalue weighted by Crippen LogP contribution is 2.13. The molecular formula is C15H25NO2. The third kappa shape index (κ3) is 6.03. The Kier molecular flexibility index (Phi) is 6.76. The van der Waals surface area contributed by atoms with E-state index in [0.717, 1.165) is 24.5 Å². The average Bonchev–Trinajstić information content (AvgIpc) is 2.36. The Bertz CT molecular complexity index is 339. The number of hydrogen-bond acceptors (Lipinski definition) is 3. The second-order valence-electron chi connectivity index (χ2n) is 5.03. The average molecular weight is 251 g/mol. The Morgan fingerprint density at radius 2 is 2.00 bits per heavy atom. The lowest BCUT2D eigenvalue weighted by atomic mass is 10.2. The highest BCUT2D eigenvalue weighted by molar-refractivity contribution is 5.27. The molecule has 102 valence electrons. The summed E-state index contributed by atoms with van der Waals surface area (Å²) in [5.74, 6) is 1.41. The zero-order chi connectivity index (χ0) is 13.4. The topological polar surface area (TPSA) is 30.5 Å². The van der Waals surface area contributed by atoms with Gasteiger partial charge in [-0.25, -0.2) is 0 Å². The zero-order valence-corrected chi connectivity index (χ0v) is 11.9. The van der Waals surface area contributed by atoms with Crippen LogP contribution in [0.3, 0.4) is 0 Å². The molecule has 0 aromatic heterocycles. The quantitative estimate of drug-likeness (QED) is 0.770. The summed E-state index contributed by atoms with van der Waals surface area (Å²) < 4.78 is 10.9. The van der Waals surface area contributed by atoms with Crippen LogP contribution in [0, 0.1) is 5.92 Å². The maximum atomic E-state index is 5.72. The second-order valence-corrected chi connectivity index (χ2v) is 5.03. The minimum absolute atomic E-state index is 0.526. The predicted molar refractivity (Wildman–Crippen MR) is 75.0 cm³/mol. The number of ether oxygens (including phenoxy) is 2. The van der Waals surface area contributed by atoms with Crippen LogP contribution in [0.5, 0.6) is 5.75 Å². The number of benzene rings is 1. The molecule has 1 atom stereocenters. The lowest BCUT2D eigenvalue weighted by Crippen LogP contribution is -2.29. The van der Waals surface area contributed by atoms with Gasteiger partial charge in [-0.3, -0.25) is 0 Å². The highest BCUT2D eigenvalue weighted by Gasteiger charge is 2.03. The lowest BCUT2D eigenvalue weighted by Gasteiger charge is -2.15. The fourth-order valence-corrected chi connectivity index (χ4v) is 1.64. The summed E-state index contributed by atoms with van der Waals surface area (Å²) >= 11 is 0. The fourth-order valence-electron chi connectivity index (χ4n) is 1.64. The summed E-state index contributed by atoms with van der Waals surface area (Å²) in [7, 11) is 1.68. The van der Waals surface area contributed by atoms with Gasteiger partial charge in [-0.05, 0) is 23.6 Å². The summed E-state index contributed by atoms with van der Waals surface area (Å²) in [4.78, 5) is 0. The predicted octanol–water partition coefficient (Wildman–Crippen LogP) is 2.85. The molecule has 0 bridgehead atoms. The zero-order valence-electron chi connectivity index (χ0n) is 11.9. The Hall–Kier alpha value is -1.06. The van der Waals surface area contributed by atoms with Crippen molar-refractivity contribution in [3.8, 4) is 5.75 Å². The molecule has 0 spiro atoms. The SMILES string of the molecule is COc1cccc(COCC(C)CNC(C)C)c1. The van der Waals surface area contributed by atoms with E-state index in [-0.39, 0.29) is 0 Å². The Morgan fingerprint density at radius 3 is 2.67 bits per heavy atom. The monoisotopic (exact) mass is 251 g/mol. The van der Waals surface area contributed by atoms with Gasteiger partial charge in [-0.1, -0.05) is 32.9 Å². The van der Waals surface area contributed by atoms with Crippen LogP contribution in [0.25, 0.3) is 0 Å². The van der Waals surface area contributed by atoms with E-state index in [0.29, 0.717) is 18.6 Å². The third-order valence-electron chi connectivity index (χ3n) is 2.68. The molecule has 0 aliphatic heterocycles. The van der Waals surface area contributed by atoms with E-state index in [1.54, 1.807) is 7.11 Å². The van der Waals surface area contributed by atoms with Crippen LogP contribution in [0.15, 0.2) is 24.3 Å². The van der Waals surface area contributed by atoms with Crippen LogP contribution in [-0.4, -0.2) is 26.3 Å². The van der Waals surface area contributed by atoms with Crippen molar-refractivity contribution in [2.24, 2.45) is 5.92 Å². The highest BCUT2D eigenvalue weighted by atomic mass is 16.5. The Balaban J connectivity index is 2.24. The van der Waals surface area contributed by atoms with Gasteiger partial charge in [0.05, 0.1) is 20.3 Å². The van der Waals surface area contributed by atoms with Crippen molar-refractivity contribution in [1.29, 1.82) is 0 Å². The van der Waals surface area contributed by atoms with Gasteiger partial charge in [0.15, 0.2) is 0 Å². The third-order valence-corrected chi connectivity index (χ3v) is 2.68. The molecular weight excluding hydrogens is 226 g/mol. The van der Waals surface area contributed by atoms with E-state index in [1.807, 2.05) is 18.2 Å². The van der Waals surface area contributed by atoms with Gasteiger partial charge < -0.3 is 14.8 Å². The lowest BCUT2D eigenvalue weighted by molar-refractivity contribution is 0.0911. The molecule has 0 saturated carbocycles. The summed E-state index contributed by atoms with van der Waals surface area (Å²) in [6.07, 6.45) is 0. The summed E-state index contributed by atoms with van der Waals surface area (Å²) in [6, 6.07) is 8.53. The molecule has 1 unspecified atom stereocenters. The maximum Gasteiger partial charge on any atom is 0.119 e. The van der Waals surface area contributed by atoms with Crippen molar-refractivity contribution in [3.63, 3.8) is 0 Å². The van der Waals surface area contributed by atoms with Gasteiger partial charge >= 0.3 is 0 Å². The van der Waals surface area contributed by atoms with Crippen LogP contribution in [0.4, 0.5) is 0 Å². The van der Waals surface area contributed by atoms with Crippen molar-refractivity contribution >= 4 is 0 Å². The molecule has 0 radical (unpaired) electrons. The first-order valence-corrected chi connectivity index (χ1v) is 6.56. The number of methoxy groups -OCH3 is 1. The van der Waals surface area contributed by atoms with Gasteiger partial charge in [0, 0.05) is 12.6 Å². The first kappa shape index (κ1) is 15.0. The van der Waals surface area contributed by atoms with Gasteiger partial charge in [0.1, 0.15) is 5.75 Å². The summed E-state index contributed by atoms with van der Waals surface area (Å²) in [5.41, 5.74) is 1.15. The molecule has 0 saturated heterocycles. The van der Waals surface area contributed by atoms with Crippen LogP contribution in [-0.2, 0) is 11.3 Å². The Morgan fingerprint density at radius 1 is 1.22 bits per heavy atom. The number of nitrogens with one attached hydrogen (secondary N) is 1. The second kappa shape index (κ2) is 8.11. The fraction of sp³-hybridized carbons (Fsp3) is 0.600. The molecule has 3 nitrogen and oxygen atoms in total. The summed E-state index contributed by atoms with van der Waals surface area (Å²) in [5, 5.41) is 3.41. The van der Waals surface area contributed by atoms with Crippen molar-refractivity contribution in [2.75, 3.05) is 20.3 Å². The molecule has 0 heterocycles. The normalized spacial score (nSPS) is 12.7. The molecule has 18 heavy (non-hydrogen) atoms.